The lowest BCUT2D eigenvalue weighted by Gasteiger charge is -2.44. The van der Waals surface area contributed by atoms with Crippen LogP contribution in [-0.2, 0) is 33.3 Å². The van der Waals surface area contributed by atoms with Gasteiger partial charge in [-0.3, -0.25) is 9.59 Å². The lowest BCUT2D eigenvalue weighted by atomic mass is 9.93. The molecule has 0 aliphatic carbocycles. The van der Waals surface area contributed by atoms with Gasteiger partial charge in [0, 0.05) is 21.0 Å². The third-order valence-corrected chi connectivity index (χ3v) is 4.76. The average Bonchev–Trinajstić information content (AvgIpc) is 2.63. The molecule has 1 amide bonds. The number of carbonyl (C=O) groups is 3. The van der Waals surface area contributed by atoms with Crippen molar-refractivity contribution in [3.05, 3.63) is 11.5 Å². The van der Waals surface area contributed by atoms with Crippen LogP contribution in [0.3, 0.4) is 0 Å². The summed E-state index contributed by atoms with van der Waals surface area (Å²) in [4.78, 5) is 39.2. The Hall–Kier alpha value is -2.66. The Morgan fingerprint density at radius 3 is 2.23 bits per heavy atom. The van der Waals surface area contributed by atoms with E-state index in [2.05, 4.69) is 4.99 Å². The van der Waals surface area contributed by atoms with Gasteiger partial charge in [-0.05, 0) is 12.8 Å². The van der Waals surface area contributed by atoms with Gasteiger partial charge in [-0.1, -0.05) is 13.8 Å². The molecule has 30 heavy (non-hydrogen) atoms. The van der Waals surface area contributed by atoms with E-state index >= 15 is 0 Å². The van der Waals surface area contributed by atoms with Gasteiger partial charge in [0.15, 0.2) is 41.7 Å². The molecule has 6 unspecified atom stereocenters. The summed E-state index contributed by atoms with van der Waals surface area (Å²) in [6.07, 6.45) is -6.85. The van der Waals surface area contributed by atoms with Crippen molar-refractivity contribution in [1.29, 1.82) is 0 Å². The molecule has 1 fully saturated rings. The van der Waals surface area contributed by atoms with Gasteiger partial charge < -0.3 is 34.5 Å². The molecule has 0 radical (unpaired) electrons. The summed E-state index contributed by atoms with van der Waals surface area (Å²) in [6.45, 7) is 7.66. The van der Waals surface area contributed by atoms with Gasteiger partial charge in [-0.25, -0.2) is 9.79 Å². The lowest BCUT2D eigenvalue weighted by molar-refractivity contribution is -0.222. The predicted molar refractivity (Wildman–Crippen MR) is 103 cm³/mol. The zero-order valence-electron chi connectivity index (χ0n) is 17.8. The molecule has 2 aliphatic heterocycles. The van der Waals surface area contributed by atoms with E-state index < -0.39 is 54.5 Å². The molecule has 0 bridgehead atoms. The molecular weight excluding hydrogens is 400 g/mol. The van der Waals surface area contributed by atoms with E-state index in [0.717, 1.165) is 0 Å². The molecule has 0 aromatic heterocycles. The number of ether oxygens (including phenoxy) is 5. The van der Waals surface area contributed by atoms with Crippen LogP contribution >= 0.6 is 0 Å². The summed E-state index contributed by atoms with van der Waals surface area (Å²) in [5.74, 6) is -1.58. The zero-order valence-corrected chi connectivity index (χ0v) is 17.8. The number of nitrogens with zero attached hydrogens (tertiary/aromatic N) is 1. The lowest BCUT2D eigenvalue weighted by Crippen LogP contribution is -2.63. The predicted octanol–water partition coefficient (Wildman–Crippen LogP) is 0.996. The van der Waals surface area contributed by atoms with Crippen molar-refractivity contribution in [1.82, 2.24) is 0 Å². The van der Waals surface area contributed by atoms with Crippen molar-refractivity contribution >= 4 is 23.7 Å². The van der Waals surface area contributed by atoms with E-state index in [0.29, 0.717) is 0 Å². The number of amides is 1. The zero-order chi connectivity index (χ0) is 22.7. The fourth-order valence-electron chi connectivity index (χ4n) is 3.45. The first-order valence-corrected chi connectivity index (χ1v) is 9.48. The first-order valence-electron chi connectivity index (χ1n) is 9.48. The SMILES string of the molecule is COC1C(C2=NC(C(C)=O)=C(O)C(C(C)C)O2)OC(C)C(OC(N)=O)C1OC(C)=O. The minimum atomic E-state index is -1.09. The number of primary amides is 1. The number of aliphatic hydroxyl groups excluding tert-OH is 1. The summed E-state index contributed by atoms with van der Waals surface area (Å²) < 4.78 is 27.7. The molecule has 3 N–H and O–H groups in total. The molecule has 2 rings (SSSR count). The Labute approximate surface area is 174 Å². The number of hydrogen-bond acceptors (Lipinski definition) is 10. The summed E-state index contributed by atoms with van der Waals surface area (Å²) in [5, 5.41) is 10.4. The van der Waals surface area contributed by atoms with Crippen molar-refractivity contribution < 1.29 is 43.2 Å². The van der Waals surface area contributed by atoms with Crippen LogP contribution in [-0.4, -0.2) is 72.6 Å². The number of nitrogens with two attached hydrogens (primary N) is 1. The third kappa shape index (κ3) is 4.90. The number of hydrogen-bond donors (Lipinski definition) is 2. The number of carbonyl (C=O) groups excluding carboxylic acids is 3. The highest BCUT2D eigenvalue weighted by Crippen LogP contribution is 2.32. The summed E-state index contributed by atoms with van der Waals surface area (Å²) in [7, 11) is 1.34. The molecule has 2 aliphatic rings. The van der Waals surface area contributed by atoms with E-state index in [1.54, 1.807) is 20.8 Å². The Bertz CT molecular complexity index is 761. The molecule has 0 aromatic rings. The van der Waals surface area contributed by atoms with Gasteiger partial charge in [-0.15, -0.1) is 0 Å². The monoisotopic (exact) mass is 428 g/mol. The van der Waals surface area contributed by atoms with Crippen LogP contribution in [0.1, 0.15) is 34.6 Å². The Balaban J connectivity index is 2.49. The Kier molecular flexibility index (Phi) is 7.43. The maximum Gasteiger partial charge on any atom is 0.405 e. The normalized spacial score (nSPS) is 31.6. The number of aliphatic imine (C=N–C) groups is 1. The highest BCUT2D eigenvalue weighted by Gasteiger charge is 2.52. The number of esters is 1. The van der Waals surface area contributed by atoms with Crippen LogP contribution in [0.25, 0.3) is 0 Å². The molecule has 0 aromatic carbocycles. The molecule has 0 spiro atoms. The molecule has 0 saturated carbocycles. The van der Waals surface area contributed by atoms with E-state index in [9.17, 15) is 19.5 Å². The number of methoxy groups -OCH3 is 1. The summed E-state index contributed by atoms with van der Waals surface area (Å²) >= 11 is 0. The van der Waals surface area contributed by atoms with Crippen molar-refractivity contribution in [3.8, 4) is 0 Å². The molecule has 11 heteroatoms. The fraction of sp³-hybridized carbons (Fsp3) is 0.684. The third-order valence-electron chi connectivity index (χ3n) is 4.76. The van der Waals surface area contributed by atoms with Gasteiger partial charge in [0.05, 0.1) is 6.10 Å². The van der Waals surface area contributed by atoms with Crippen LogP contribution in [0.5, 0.6) is 0 Å². The van der Waals surface area contributed by atoms with Gasteiger partial charge in [0.2, 0.25) is 5.90 Å². The second-order valence-corrected chi connectivity index (χ2v) is 7.46. The first-order chi connectivity index (χ1) is 14.0. The second kappa shape index (κ2) is 9.43. The van der Waals surface area contributed by atoms with E-state index in [1.807, 2.05) is 0 Å². The van der Waals surface area contributed by atoms with Gasteiger partial charge in [0.1, 0.15) is 6.10 Å². The van der Waals surface area contributed by atoms with Crippen LogP contribution in [0.15, 0.2) is 16.4 Å². The molecule has 168 valence electrons. The number of ketones is 1. The number of allylic oxidation sites excluding steroid dienone is 1. The smallest absolute Gasteiger partial charge is 0.405 e. The standard InChI is InChI=1S/C19H28N2O9/c1-7(2)13-12(24)11(8(3)22)21-18(29-13)17-15(26-6)16(28-10(5)23)14(9(4)27-17)30-19(20)25/h7,9,13-17,24H,1-6H3,(H2,20,25). The van der Waals surface area contributed by atoms with Crippen molar-refractivity contribution in [2.24, 2.45) is 16.6 Å². The fourth-order valence-corrected chi connectivity index (χ4v) is 3.45. The van der Waals surface area contributed by atoms with E-state index in [4.69, 9.17) is 29.4 Å². The minimum Gasteiger partial charge on any atom is -0.506 e. The quantitative estimate of drug-likeness (QED) is 0.589. The molecule has 2 heterocycles. The van der Waals surface area contributed by atoms with Crippen molar-refractivity contribution in [2.45, 2.75) is 71.2 Å². The summed E-state index contributed by atoms with van der Waals surface area (Å²) in [5.41, 5.74) is 4.99. The number of Topliss-reactive ketones (excluding diaryl/α,β-unsaturated/α-hetero) is 1. The van der Waals surface area contributed by atoms with Crippen molar-refractivity contribution in [2.75, 3.05) is 7.11 Å². The van der Waals surface area contributed by atoms with E-state index in [1.165, 1.54) is 21.0 Å². The highest BCUT2D eigenvalue weighted by atomic mass is 16.6. The average molecular weight is 428 g/mol. The van der Waals surface area contributed by atoms with Crippen LogP contribution in [0.4, 0.5) is 4.79 Å². The van der Waals surface area contributed by atoms with E-state index in [-0.39, 0.29) is 23.3 Å². The molecule has 1 saturated heterocycles. The maximum absolute atomic E-state index is 12.0. The Morgan fingerprint density at radius 1 is 1.13 bits per heavy atom. The first kappa shape index (κ1) is 23.6. The highest BCUT2D eigenvalue weighted by molar-refractivity contribution is 5.98. The second-order valence-electron chi connectivity index (χ2n) is 7.46. The molecule has 6 atom stereocenters. The van der Waals surface area contributed by atoms with Gasteiger partial charge in [-0.2, -0.15) is 0 Å². The van der Waals surface area contributed by atoms with Crippen LogP contribution < -0.4 is 5.73 Å². The van der Waals surface area contributed by atoms with Gasteiger partial charge in [0.25, 0.3) is 0 Å². The maximum atomic E-state index is 12.0. The molecule has 11 nitrogen and oxygen atoms in total. The minimum absolute atomic E-state index is 0.0231. The topological polar surface area (TPSA) is 156 Å². The Morgan fingerprint density at radius 2 is 1.77 bits per heavy atom. The van der Waals surface area contributed by atoms with Crippen LogP contribution in [0.2, 0.25) is 0 Å². The van der Waals surface area contributed by atoms with Gasteiger partial charge >= 0.3 is 12.1 Å². The summed E-state index contributed by atoms with van der Waals surface area (Å²) in [6, 6.07) is 0. The number of aliphatic hydroxyl groups is 1. The van der Waals surface area contributed by atoms with Crippen LogP contribution in [0, 0.1) is 5.92 Å². The molecular formula is C19H28N2O9. The largest absolute Gasteiger partial charge is 0.506 e. The number of rotatable bonds is 6. The van der Waals surface area contributed by atoms with Crippen molar-refractivity contribution in [3.63, 3.8) is 0 Å².